The van der Waals surface area contributed by atoms with E-state index in [1.54, 1.807) is 16.7 Å². The van der Waals surface area contributed by atoms with E-state index in [4.69, 9.17) is 0 Å². The van der Waals surface area contributed by atoms with Crippen LogP contribution >= 0.6 is 0 Å². The number of benzene rings is 1. The lowest BCUT2D eigenvalue weighted by Gasteiger charge is -2.41. The minimum Gasteiger partial charge on any atom is -0.494 e. The number of aromatic nitrogens is 1. The Hall–Kier alpha value is -2.39. The van der Waals surface area contributed by atoms with Crippen LogP contribution in [0.15, 0.2) is 18.2 Å². The molecule has 2 aromatic rings. The fourth-order valence-electron chi connectivity index (χ4n) is 9.89. The van der Waals surface area contributed by atoms with Gasteiger partial charge in [0.15, 0.2) is 11.8 Å². The van der Waals surface area contributed by atoms with Gasteiger partial charge in [0.1, 0.15) is 5.82 Å². The third kappa shape index (κ3) is 4.12. The van der Waals surface area contributed by atoms with Gasteiger partial charge in [0.2, 0.25) is 0 Å². The Labute approximate surface area is 245 Å². The number of piperidine rings is 1. The van der Waals surface area contributed by atoms with Gasteiger partial charge in [-0.3, -0.25) is 4.57 Å². The predicted molar refractivity (Wildman–Crippen MR) is 153 cm³/mol. The van der Waals surface area contributed by atoms with E-state index in [-0.39, 0.29) is 36.3 Å². The van der Waals surface area contributed by atoms with Gasteiger partial charge in [-0.05, 0) is 80.4 Å². The average Bonchev–Trinajstić information content (AvgIpc) is 3.34. The molecule has 3 heterocycles. The van der Waals surface area contributed by atoms with Crippen LogP contribution in [0.4, 0.5) is 18.9 Å². The van der Waals surface area contributed by atoms with Crippen molar-refractivity contribution < 1.29 is 28.5 Å². The van der Waals surface area contributed by atoms with Crippen molar-refractivity contribution in [3.63, 3.8) is 0 Å². The highest BCUT2D eigenvalue weighted by molar-refractivity contribution is 5.59. The lowest BCUT2D eigenvalue weighted by Crippen LogP contribution is -2.46. The zero-order valence-electron chi connectivity index (χ0n) is 24.1. The van der Waals surface area contributed by atoms with E-state index in [1.165, 1.54) is 12.0 Å². The SMILES string of the molecule is Oc1c2c(c(O)n1CC1CCCCC1CN1CCC(N3CCc4ccc(F)cc43)CC1)C1CC2CC1(O)C1CC1(F)F. The molecule has 6 atom stereocenters. The van der Waals surface area contributed by atoms with Crippen molar-refractivity contribution in [2.45, 2.75) is 100 Å². The first-order chi connectivity index (χ1) is 20.1. The first kappa shape index (κ1) is 27.2. The van der Waals surface area contributed by atoms with Gasteiger partial charge >= 0.3 is 0 Å². The Morgan fingerprint density at radius 3 is 2.29 bits per heavy atom. The molecule has 6 nitrogen and oxygen atoms in total. The number of nitrogens with zero attached hydrogens (tertiary/aromatic N) is 3. The Morgan fingerprint density at radius 1 is 0.881 bits per heavy atom. The second kappa shape index (κ2) is 9.55. The molecule has 9 heteroatoms. The lowest BCUT2D eigenvalue weighted by molar-refractivity contribution is -0.0399. The van der Waals surface area contributed by atoms with Crippen LogP contribution in [-0.2, 0) is 13.0 Å². The van der Waals surface area contributed by atoms with Crippen molar-refractivity contribution in [3.8, 4) is 11.8 Å². The Balaban J connectivity index is 0.940. The molecular weight excluding hydrogens is 543 g/mol. The fourth-order valence-corrected chi connectivity index (χ4v) is 9.89. The summed E-state index contributed by atoms with van der Waals surface area (Å²) in [6.45, 7) is 4.49. The summed E-state index contributed by atoms with van der Waals surface area (Å²) < 4.78 is 43.6. The smallest absolute Gasteiger partial charge is 0.254 e. The number of aliphatic hydroxyl groups is 1. The van der Waals surface area contributed by atoms with Gasteiger partial charge in [0, 0.05) is 67.9 Å². The van der Waals surface area contributed by atoms with Crippen LogP contribution in [-0.4, -0.2) is 68.5 Å². The van der Waals surface area contributed by atoms with E-state index in [2.05, 4.69) is 9.80 Å². The summed E-state index contributed by atoms with van der Waals surface area (Å²) in [5.41, 5.74) is 2.02. The van der Waals surface area contributed by atoms with E-state index in [0.717, 1.165) is 70.4 Å². The zero-order valence-corrected chi connectivity index (χ0v) is 24.1. The second-order valence-electron chi connectivity index (χ2n) is 14.3. The van der Waals surface area contributed by atoms with Crippen molar-refractivity contribution in [2.75, 3.05) is 31.1 Å². The van der Waals surface area contributed by atoms with Gasteiger partial charge in [0.05, 0.1) is 11.5 Å². The van der Waals surface area contributed by atoms with Crippen molar-refractivity contribution in [3.05, 3.63) is 40.7 Å². The zero-order chi connectivity index (χ0) is 29.0. The number of halogens is 3. The first-order valence-corrected chi connectivity index (χ1v) is 16.2. The minimum absolute atomic E-state index is 0.0236. The molecule has 0 amide bonds. The molecule has 228 valence electrons. The van der Waals surface area contributed by atoms with Crippen LogP contribution < -0.4 is 4.90 Å². The molecular formula is C33H42F3N3O3. The molecule has 8 rings (SSSR count). The van der Waals surface area contributed by atoms with E-state index < -0.39 is 23.4 Å². The third-order valence-corrected chi connectivity index (χ3v) is 12.1. The highest BCUT2D eigenvalue weighted by atomic mass is 19.3. The van der Waals surface area contributed by atoms with Crippen LogP contribution in [0.5, 0.6) is 11.8 Å². The number of fused-ring (bicyclic) bond motifs is 6. The summed E-state index contributed by atoms with van der Waals surface area (Å²) >= 11 is 0. The van der Waals surface area contributed by atoms with Gasteiger partial charge in [-0.15, -0.1) is 0 Å². The quantitative estimate of drug-likeness (QED) is 0.404. The fraction of sp³-hybridized carbons (Fsp3) is 0.697. The molecule has 0 spiro atoms. The van der Waals surface area contributed by atoms with Crippen LogP contribution in [0.3, 0.4) is 0 Å². The maximum atomic E-state index is 14.0. The molecule has 42 heavy (non-hydrogen) atoms. The highest BCUT2D eigenvalue weighted by Crippen LogP contribution is 2.71. The normalized spacial score (nSPS) is 35.5. The lowest BCUT2D eigenvalue weighted by atomic mass is 9.78. The van der Waals surface area contributed by atoms with Crippen LogP contribution in [0.25, 0.3) is 0 Å². The van der Waals surface area contributed by atoms with Crippen molar-refractivity contribution in [1.29, 1.82) is 0 Å². The van der Waals surface area contributed by atoms with Gasteiger partial charge in [0.25, 0.3) is 5.92 Å². The molecule has 3 saturated carbocycles. The number of aromatic hydroxyl groups is 2. The van der Waals surface area contributed by atoms with E-state index in [0.29, 0.717) is 42.0 Å². The van der Waals surface area contributed by atoms with Crippen molar-refractivity contribution in [2.24, 2.45) is 17.8 Å². The molecule has 6 unspecified atom stereocenters. The number of likely N-dealkylation sites (tertiary alicyclic amines) is 1. The summed E-state index contributed by atoms with van der Waals surface area (Å²) in [7, 11) is 0. The van der Waals surface area contributed by atoms with Crippen LogP contribution in [0, 0.1) is 23.6 Å². The summed E-state index contributed by atoms with van der Waals surface area (Å²) in [6, 6.07) is 5.61. The monoisotopic (exact) mass is 585 g/mol. The molecule has 0 radical (unpaired) electrons. The number of alkyl halides is 2. The molecule has 1 aromatic carbocycles. The summed E-state index contributed by atoms with van der Waals surface area (Å²) in [5.74, 6) is -3.96. The van der Waals surface area contributed by atoms with Crippen LogP contribution in [0.1, 0.15) is 86.3 Å². The van der Waals surface area contributed by atoms with Gasteiger partial charge in [-0.25, -0.2) is 13.2 Å². The average molecular weight is 586 g/mol. The number of hydrogen-bond acceptors (Lipinski definition) is 5. The number of rotatable bonds is 6. The van der Waals surface area contributed by atoms with Crippen molar-refractivity contribution in [1.82, 2.24) is 9.47 Å². The largest absolute Gasteiger partial charge is 0.494 e. The molecule has 3 N–H and O–H groups in total. The Kier molecular flexibility index (Phi) is 6.18. The molecule has 2 bridgehead atoms. The van der Waals surface area contributed by atoms with E-state index >= 15 is 0 Å². The summed E-state index contributed by atoms with van der Waals surface area (Å²) in [4.78, 5) is 4.97. The highest BCUT2D eigenvalue weighted by Gasteiger charge is 2.72. The molecule has 2 aliphatic heterocycles. The molecule has 4 aliphatic carbocycles. The maximum absolute atomic E-state index is 14.0. The van der Waals surface area contributed by atoms with E-state index in [1.807, 2.05) is 6.07 Å². The minimum atomic E-state index is -2.83. The van der Waals surface area contributed by atoms with Crippen LogP contribution in [0.2, 0.25) is 0 Å². The third-order valence-electron chi connectivity index (χ3n) is 12.1. The Bertz CT molecular complexity index is 1390. The van der Waals surface area contributed by atoms with Gasteiger partial charge in [-0.2, -0.15) is 0 Å². The predicted octanol–water partition coefficient (Wildman–Crippen LogP) is 5.73. The van der Waals surface area contributed by atoms with E-state index in [9.17, 15) is 28.5 Å². The summed E-state index contributed by atoms with van der Waals surface area (Å²) in [5, 5.41) is 33.9. The van der Waals surface area contributed by atoms with Gasteiger partial charge < -0.3 is 25.1 Å². The first-order valence-electron chi connectivity index (χ1n) is 16.2. The molecule has 4 fully saturated rings. The standard InChI is InChI=1S/C33H42F3N3O3/c34-23-6-5-19-7-12-38(26(19)14-23)24-8-10-37(11-9-24)17-20-3-1-2-4-21(20)18-39-30(40)28-22-13-25(29(28)31(39)41)32(42,15-22)27-16-33(27,35)36/h5-6,14,20-22,24-25,27,40-42H,1-4,7-13,15-18H2. The molecule has 1 saturated heterocycles. The summed E-state index contributed by atoms with van der Waals surface area (Å²) in [6.07, 6.45) is 8.03. The topological polar surface area (TPSA) is 72.1 Å². The molecule has 1 aromatic heterocycles. The number of anilines is 1. The van der Waals surface area contributed by atoms with Gasteiger partial charge in [-0.1, -0.05) is 18.9 Å². The number of hydrogen-bond donors (Lipinski definition) is 3. The maximum Gasteiger partial charge on any atom is 0.254 e. The van der Waals surface area contributed by atoms with Crippen molar-refractivity contribution >= 4 is 5.69 Å². The Morgan fingerprint density at radius 2 is 1.57 bits per heavy atom. The second-order valence-corrected chi connectivity index (χ2v) is 14.3. The molecule has 6 aliphatic rings.